The van der Waals surface area contributed by atoms with Gasteiger partial charge in [0.05, 0.1) is 5.71 Å². The maximum absolute atomic E-state index is 8.36. The standard InChI is InChI=1S/C6H13NOSi/c1-4-6(3,9)5(2)7-8/h4,8H,1H2,2-3,9H3. The highest BCUT2D eigenvalue weighted by molar-refractivity contribution is 6.30. The lowest BCUT2D eigenvalue weighted by molar-refractivity contribution is 0.316. The highest BCUT2D eigenvalue weighted by atomic mass is 28.1. The third-order valence-electron chi connectivity index (χ3n) is 1.59. The van der Waals surface area contributed by atoms with Gasteiger partial charge in [-0.1, -0.05) is 18.2 Å². The number of rotatable bonds is 2. The van der Waals surface area contributed by atoms with Gasteiger partial charge in [-0.25, -0.2) is 0 Å². The average Bonchev–Trinajstić information content (AvgIpc) is 1.86. The first-order chi connectivity index (χ1) is 4.04. The van der Waals surface area contributed by atoms with Crippen LogP contribution in [0.3, 0.4) is 0 Å². The molecular weight excluding hydrogens is 130 g/mol. The lowest BCUT2D eigenvalue weighted by Gasteiger charge is -2.16. The highest BCUT2D eigenvalue weighted by Gasteiger charge is 2.16. The topological polar surface area (TPSA) is 32.6 Å². The lowest BCUT2D eigenvalue weighted by Crippen LogP contribution is -2.14. The van der Waals surface area contributed by atoms with E-state index in [-0.39, 0.29) is 5.04 Å². The molecule has 0 rings (SSSR count). The lowest BCUT2D eigenvalue weighted by atomic mass is 10.1. The molecule has 0 spiro atoms. The fourth-order valence-corrected chi connectivity index (χ4v) is 0.377. The minimum Gasteiger partial charge on any atom is -0.411 e. The van der Waals surface area contributed by atoms with E-state index >= 15 is 0 Å². The third-order valence-corrected chi connectivity index (χ3v) is 2.72. The van der Waals surface area contributed by atoms with Crippen LogP contribution in [-0.4, -0.2) is 21.2 Å². The quantitative estimate of drug-likeness (QED) is 0.198. The van der Waals surface area contributed by atoms with Gasteiger partial charge >= 0.3 is 0 Å². The summed E-state index contributed by atoms with van der Waals surface area (Å²) in [7, 11) is 0.934. The number of hydrogen-bond acceptors (Lipinski definition) is 2. The van der Waals surface area contributed by atoms with Crippen molar-refractivity contribution in [2.45, 2.75) is 18.9 Å². The molecule has 0 aliphatic heterocycles. The zero-order valence-corrected chi connectivity index (χ0v) is 8.18. The van der Waals surface area contributed by atoms with Gasteiger partial charge in [-0.3, -0.25) is 0 Å². The highest BCUT2D eigenvalue weighted by Crippen LogP contribution is 2.22. The zero-order valence-electron chi connectivity index (χ0n) is 6.18. The van der Waals surface area contributed by atoms with E-state index in [1.54, 1.807) is 6.92 Å². The molecule has 0 aromatic carbocycles. The van der Waals surface area contributed by atoms with Crippen molar-refractivity contribution in [2.75, 3.05) is 0 Å². The van der Waals surface area contributed by atoms with Crippen LogP contribution in [0.2, 0.25) is 5.04 Å². The molecule has 0 saturated heterocycles. The SMILES string of the molecule is C=CC(C)([SiH3])C(C)=NO. The van der Waals surface area contributed by atoms with Crippen LogP contribution in [0, 0.1) is 0 Å². The normalized spacial score (nSPS) is 19.1. The van der Waals surface area contributed by atoms with Crippen LogP contribution in [0.1, 0.15) is 13.8 Å². The summed E-state index contributed by atoms with van der Waals surface area (Å²) in [5, 5.41) is 11.4. The number of oxime groups is 1. The van der Waals surface area contributed by atoms with Gasteiger partial charge in [0, 0.05) is 15.3 Å². The number of nitrogens with zero attached hydrogens (tertiary/aromatic N) is 1. The summed E-state index contributed by atoms with van der Waals surface area (Å²) < 4.78 is 0. The van der Waals surface area contributed by atoms with E-state index in [1.807, 2.05) is 13.0 Å². The Kier molecular flexibility index (Phi) is 2.64. The van der Waals surface area contributed by atoms with Crippen molar-refractivity contribution in [3.05, 3.63) is 12.7 Å². The number of hydrogen-bond donors (Lipinski definition) is 1. The Hall–Kier alpha value is -0.573. The Morgan fingerprint density at radius 1 is 1.89 bits per heavy atom. The Morgan fingerprint density at radius 3 is 2.44 bits per heavy atom. The largest absolute Gasteiger partial charge is 0.411 e. The second-order valence-corrected chi connectivity index (χ2v) is 4.69. The van der Waals surface area contributed by atoms with Gasteiger partial charge in [0.1, 0.15) is 0 Å². The molecule has 0 aromatic rings. The third kappa shape index (κ3) is 2.01. The van der Waals surface area contributed by atoms with Gasteiger partial charge < -0.3 is 5.21 Å². The van der Waals surface area contributed by atoms with Gasteiger partial charge in [-0.15, -0.1) is 6.58 Å². The molecule has 1 atom stereocenters. The number of allylic oxidation sites excluding steroid dienone is 1. The molecule has 0 aliphatic carbocycles. The van der Waals surface area contributed by atoms with Crippen LogP contribution in [0.15, 0.2) is 17.8 Å². The first-order valence-corrected chi connectivity index (χ1v) is 3.87. The summed E-state index contributed by atoms with van der Waals surface area (Å²) in [6.45, 7) is 7.45. The molecule has 0 aliphatic rings. The van der Waals surface area contributed by atoms with Crippen LogP contribution in [0.25, 0.3) is 0 Å². The van der Waals surface area contributed by atoms with E-state index in [0.717, 1.165) is 16.0 Å². The van der Waals surface area contributed by atoms with Crippen molar-refractivity contribution < 1.29 is 5.21 Å². The minimum absolute atomic E-state index is 0.0469. The second-order valence-electron chi connectivity index (χ2n) is 2.61. The van der Waals surface area contributed by atoms with Gasteiger partial charge in [-0.2, -0.15) is 0 Å². The molecule has 52 valence electrons. The molecule has 0 aromatic heterocycles. The first-order valence-electron chi connectivity index (χ1n) is 2.87. The van der Waals surface area contributed by atoms with E-state index in [9.17, 15) is 0 Å². The van der Waals surface area contributed by atoms with Crippen LogP contribution >= 0.6 is 0 Å². The van der Waals surface area contributed by atoms with Crippen molar-refractivity contribution in [1.82, 2.24) is 0 Å². The molecule has 0 saturated carbocycles. The molecular formula is C6H13NOSi. The predicted molar refractivity (Wildman–Crippen MR) is 43.4 cm³/mol. The first kappa shape index (κ1) is 8.43. The van der Waals surface area contributed by atoms with E-state index in [0.29, 0.717) is 0 Å². The van der Waals surface area contributed by atoms with E-state index < -0.39 is 0 Å². The van der Waals surface area contributed by atoms with E-state index in [1.165, 1.54) is 0 Å². The molecule has 0 radical (unpaired) electrons. The van der Waals surface area contributed by atoms with Crippen molar-refractivity contribution in [1.29, 1.82) is 0 Å². The minimum atomic E-state index is -0.0469. The Balaban J connectivity index is 4.32. The molecule has 0 heterocycles. The molecule has 0 bridgehead atoms. The van der Waals surface area contributed by atoms with E-state index in [2.05, 4.69) is 11.7 Å². The fraction of sp³-hybridized carbons (Fsp3) is 0.500. The molecule has 2 nitrogen and oxygen atoms in total. The monoisotopic (exact) mass is 143 g/mol. The van der Waals surface area contributed by atoms with Crippen molar-refractivity contribution >= 4 is 16.0 Å². The second kappa shape index (κ2) is 2.82. The van der Waals surface area contributed by atoms with Gasteiger partial charge in [0.2, 0.25) is 0 Å². The molecule has 0 fully saturated rings. The van der Waals surface area contributed by atoms with Crippen LogP contribution in [-0.2, 0) is 0 Å². The van der Waals surface area contributed by atoms with Gasteiger partial charge in [-0.05, 0) is 6.92 Å². The maximum Gasteiger partial charge on any atom is 0.0598 e. The summed E-state index contributed by atoms with van der Waals surface area (Å²) in [4.78, 5) is 0. The van der Waals surface area contributed by atoms with Crippen LogP contribution in [0.4, 0.5) is 0 Å². The summed E-state index contributed by atoms with van der Waals surface area (Å²) in [6, 6.07) is 0. The Labute approximate surface area is 58.7 Å². The van der Waals surface area contributed by atoms with Crippen molar-refractivity contribution in [2.24, 2.45) is 5.16 Å². The fourth-order valence-electron chi connectivity index (χ4n) is 0.277. The molecule has 0 amide bonds. The van der Waals surface area contributed by atoms with Crippen LogP contribution in [0.5, 0.6) is 0 Å². The summed E-state index contributed by atoms with van der Waals surface area (Å²) in [6.07, 6.45) is 1.81. The Morgan fingerprint density at radius 2 is 2.33 bits per heavy atom. The molecule has 1 unspecified atom stereocenters. The summed E-state index contributed by atoms with van der Waals surface area (Å²) in [5.41, 5.74) is 0.740. The van der Waals surface area contributed by atoms with Crippen molar-refractivity contribution in [3.8, 4) is 0 Å². The van der Waals surface area contributed by atoms with Gasteiger partial charge in [0.25, 0.3) is 0 Å². The molecule has 1 N–H and O–H groups in total. The molecule has 9 heavy (non-hydrogen) atoms. The zero-order chi connectivity index (χ0) is 7.49. The average molecular weight is 143 g/mol. The van der Waals surface area contributed by atoms with Crippen LogP contribution < -0.4 is 0 Å². The predicted octanol–water partition coefficient (Wildman–Crippen LogP) is 0.567. The van der Waals surface area contributed by atoms with Gasteiger partial charge in [0.15, 0.2) is 0 Å². The summed E-state index contributed by atoms with van der Waals surface area (Å²) in [5.74, 6) is 0. The molecule has 3 heteroatoms. The Bertz CT molecular complexity index is 140. The smallest absolute Gasteiger partial charge is 0.0598 e. The summed E-state index contributed by atoms with van der Waals surface area (Å²) >= 11 is 0. The van der Waals surface area contributed by atoms with E-state index in [4.69, 9.17) is 5.21 Å². The maximum atomic E-state index is 8.36. The van der Waals surface area contributed by atoms with Crippen molar-refractivity contribution in [3.63, 3.8) is 0 Å².